The Kier molecular flexibility index (Phi) is 6.73. The quantitative estimate of drug-likeness (QED) is 0.713. The summed E-state index contributed by atoms with van der Waals surface area (Å²) < 4.78 is 32.1. The van der Waals surface area contributed by atoms with E-state index in [1.165, 1.54) is 4.31 Å². The topological polar surface area (TPSA) is 91.0 Å². The fourth-order valence-corrected chi connectivity index (χ4v) is 4.39. The number of carbonyl (C=O) groups is 1. The second-order valence-electron chi connectivity index (χ2n) is 6.89. The van der Waals surface area contributed by atoms with E-state index in [0.29, 0.717) is 37.7 Å². The molecule has 0 bridgehead atoms. The van der Waals surface area contributed by atoms with Gasteiger partial charge in [-0.1, -0.05) is 6.07 Å². The molecule has 0 saturated carbocycles. The second kappa shape index (κ2) is 9.25. The van der Waals surface area contributed by atoms with Crippen molar-refractivity contribution in [1.82, 2.24) is 4.31 Å². The minimum Gasteiger partial charge on any atom is -0.379 e. The van der Waals surface area contributed by atoms with E-state index in [1.807, 2.05) is 43.3 Å². The van der Waals surface area contributed by atoms with Crippen molar-refractivity contribution >= 4 is 33.0 Å². The van der Waals surface area contributed by atoms with Crippen molar-refractivity contribution in [2.75, 3.05) is 62.5 Å². The van der Waals surface area contributed by atoms with Gasteiger partial charge in [0.2, 0.25) is 15.9 Å². The zero-order valence-electron chi connectivity index (χ0n) is 16.6. The minimum atomic E-state index is -3.57. The maximum absolute atomic E-state index is 12.8. The van der Waals surface area contributed by atoms with Crippen LogP contribution in [0.15, 0.2) is 53.4 Å². The van der Waals surface area contributed by atoms with E-state index in [9.17, 15) is 13.2 Å². The molecular formula is C20H26N4O4S. The molecule has 9 heteroatoms. The van der Waals surface area contributed by atoms with E-state index in [0.717, 1.165) is 5.69 Å². The van der Waals surface area contributed by atoms with E-state index < -0.39 is 10.0 Å². The summed E-state index contributed by atoms with van der Waals surface area (Å²) in [6.45, 7) is 1.50. The lowest BCUT2D eigenvalue weighted by Crippen LogP contribution is -2.40. The van der Waals surface area contributed by atoms with E-state index in [-0.39, 0.29) is 17.3 Å². The Labute approximate surface area is 171 Å². The Morgan fingerprint density at radius 2 is 1.76 bits per heavy atom. The molecule has 8 nitrogen and oxygen atoms in total. The summed E-state index contributed by atoms with van der Waals surface area (Å²) in [6, 6.07) is 14.0. The molecule has 2 N–H and O–H groups in total. The number of ether oxygens (including phenoxy) is 1. The largest absolute Gasteiger partial charge is 0.379 e. The van der Waals surface area contributed by atoms with Gasteiger partial charge in [0.1, 0.15) is 0 Å². The number of nitrogens with one attached hydrogen (secondary N) is 2. The Bertz CT molecular complexity index is 939. The SMILES string of the molecule is CN(C)c1ccc(NC(=O)CNc2cccc(S(=O)(=O)N3CCOCC3)c2)cc1. The third-order valence-corrected chi connectivity index (χ3v) is 6.46. The predicted octanol–water partition coefficient (Wildman–Crippen LogP) is 1.82. The molecule has 0 radical (unpaired) electrons. The zero-order valence-corrected chi connectivity index (χ0v) is 17.4. The van der Waals surface area contributed by atoms with Crippen LogP contribution in [-0.2, 0) is 19.6 Å². The highest BCUT2D eigenvalue weighted by Crippen LogP contribution is 2.20. The molecule has 1 fully saturated rings. The fraction of sp³-hybridized carbons (Fsp3) is 0.350. The Hall–Kier alpha value is -2.62. The molecule has 0 spiro atoms. The summed E-state index contributed by atoms with van der Waals surface area (Å²) in [5.74, 6) is -0.218. The third kappa shape index (κ3) is 5.47. The monoisotopic (exact) mass is 418 g/mol. The average Bonchev–Trinajstić information content (AvgIpc) is 2.73. The summed E-state index contributed by atoms with van der Waals surface area (Å²) in [7, 11) is 0.325. The number of sulfonamides is 1. The second-order valence-corrected chi connectivity index (χ2v) is 8.83. The fourth-order valence-electron chi connectivity index (χ4n) is 2.93. The van der Waals surface area contributed by atoms with Gasteiger partial charge >= 0.3 is 0 Å². The van der Waals surface area contributed by atoms with Gasteiger partial charge in [-0.15, -0.1) is 0 Å². The summed E-state index contributed by atoms with van der Waals surface area (Å²) >= 11 is 0. The van der Waals surface area contributed by atoms with Crippen LogP contribution in [0.2, 0.25) is 0 Å². The molecule has 2 aromatic rings. The lowest BCUT2D eigenvalue weighted by molar-refractivity contribution is -0.114. The lowest BCUT2D eigenvalue weighted by Gasteiger charge is -2.26. The average molecular weight is 419 g/mol. The Morgan fingerprint density at radius 1 is 1.07 bits per heavy atom. The van der Waals surface area contributed by atoms with Gasteiger partial charge in [0, 0.05) is 44.2 Å². The first-order chi connectivity index (χ1) is 13.9. The van der Waals surface area contributed by atoms with Crippen LogP contribution < -0.4 is 15.5 Å². The molecule has 0 atom stereocenters. The molecule has 1 aliphatic rings. The summed E-state index contributed by atoms with van der Waals surface area (Å²) in [5, 5.41) is 5.80. The van der Waals surface area contributed by atoms with Gasteiger partial charge in [0.25, 0.3) is 0 Å². The molecule has 0 aliphatic carbocycles. The van der Waals surface area contributed by atoms with Gasteiger partial charge < -0.3 is 20.3 Å². The van der Waals surface area contributed by atoms with Gasteiger partial charge in [-0.2, -0.15) is 4.31 Å². The van der Waals surface area contributed by atoms with E-state index in [4.69, 9.17) is 4.74 Å². The van der Waals surface area contributed by atoms with Crippen LogP contribution in [-0.4, -0.2) is 65.6 Å². The van der Waals surface area contributed by atoms with Crippen molar-refractivity contribution in [2.24, 2.45) is 0 Å². The molecule has 156 valence electrons. The Balaban J connectivity index is 1.59. The molecule has 1 heterocycles. The molecule has 1 amide bonds. The number of nitrogens with zero attached hydrogens (tertiary/aromatic N) is 2. The van der Waals surface area contributed by atoms with E-state index >= 15 is 0 Å². The number of hydrogen-bond acceptors (Lipinski definition) is 6. The predicted molar refractivity (Wildman–Crippen MR) is 114 cm³/mol. The van der Waals surface area contributed by atoms with Crippen LogP contribution in [0.4, 0.5) is 17.1 Å². The highest BCUT2D eigenvalue weighted by molar-refractivity contribution is 7.89. The van der Waals surface area contributed by atoms with Crippen LogP contribution in [0.1, 0.15) is 0 Å². The highest BCUT2D eigenvalue weighted by atomic mass is 32.2. The summed E-state index contributed by atoms with van der Waals surface area (Å²) in [6.07, 6.45) is 0. The van der Waals surface area contributed by atoms with Crippen molar-refractivity contribution in [1.29, 1.82) is 0 Å². The zero-order chi connectivity index (χ0) is 20.9. The molecule has 0 aromatic heterocycles. The van der Waals surface area contributed by atoms with Crippen molar-refractivity contribution in [3.63, 3.8) is 0 Å². The number of morpholine rings is 1. The molecule has 0 unspecified atom stereocenters. The van der Waals surface area contributed by atoms with Gasteiger partial charge in [-0.3, -0.25) is 4.79 Å². The van der Waals surface area contributed by atoms with E-state index in [1.54, 1.807) is 24.3 Å². The van der Waals surface area contributed by atoms with Crippen LogP contribution in [0.5, 0.6) is 0 Å². The highest BCUT2D eigenvalue weighted by Gasteiger charge is 2.26. The van der Waals surface area contributed by atoms with E-state index in [2.05, 4.69) is 10.6 Å². The number of rotatable bonds is 7. The van der Waals surface area contributed by atoms with Crippen LogP contribution in [0, 0.1) is 0 Å². The number of benzene rings is 2. The molecule has 2 aromatic carbocycles. The number of amides is 1. The summed E-state index contributed by atoms with van der Waals surface area (Å²) in [4.78, 5) is 14.4. The number of anilines is 3. The van der Waals surface area contributed by atoms with Crippen LogP contribution in [0.25, 0.3) is 0 Å². The minimum absolute atomic E-state index is 0.0243. The van der Waals surface area contributed by atoms with Gasteiger partial charge in [0.15, 0.2) is 0 Å². The number of carbonyl (C=O) groups excluding carboxylic acids is 1. The summed E-state index contributed by atoms with van der Waals surface area (Å²) in [5.41, 5.74) is 2.31. The lowest BCUT2D eigenvalue weighted by atomic mass is 10.2. The number of hydrogen-bond donors (Lipinski definition) is 2. The van der Waals surface area contributed by atoms with Gasteiger partial charge in [0.05, 0.1) is 24.7 Å². The first-order valence-electron chi connectivity index (χ1n) is 9.35. The molecular weight excluding hydrogens is 392 g/mol. The van der Waals surface area contributed by atoms with Crippen molar-refractivity contribution < 1.29 is 17.9 Å². The molecule has 3 rings (SSSR count). The van der Waals surface area contributed by atoms with Crippen LogP contribution in [0.3, 0.4) is 0 Å². The Morgan fingerprint density at radius 3 is 2.41 bits per heavy atom. The smallest absolute Gasteiger partial charge is 0.243 e. The van der Waals surface area contributed by atoms with Gasteiger partial charge in [-0.25, -0.2) is 8.42 Å². The van der Waals surface area contributed by atoms with Crippen molar-refractivity contribution in [2.45, 2.75) is 4.90 Å². The normalized spacial score (nSPS) is 15.0. The standard InChI is InChI=1S/C20H26N4O4S/c1-23(2)18-8-6-16(7-9-18)22-20(25)15-21-17-4-3-5-19(14-17)29(26,27)24-10-12-28-13-11-24/h3-9,14,21H,10-13,15H2,1-2H3,(H,22,25). The third-order valence-electron chi connectivity index (χ3n) is 4.56. The van der Waals surface area contributed by atoms with Crippen molar-refractivity contribution in [3.8, 4) is 0 Å². The molecule has 1 aliphatic heterocycles. The first kappa shape index (κ1) is 21.1. The van der Waals surface area contributed by atoms with Crippen LogP contribution >= 0.6 is 0 Å². The molecule has 1 saturated heterocycles. The first-order valence-corrected chi connectivity index (χ1v) is 10.8. The van der Waals surface area contributed by atoms with Gasteiger partial charge in [-0.05, 0) is 42.5 Å². The van der Waals surface area contributed by atoms with Crippen molar-refractivity contribution in [3.05, 3.63) is 48.5 Å². The maximum atomic E-state index is 12.8. The maximum Gasteiger partial charge on any atom is 0.243 e. The molecule has 29 heavy (non-hydrogen) atoms.